The molecule has 8 heteroatoms. The topological polar surface area (TPSA) is 73.3 Å². The first-order valence-corrected chi connectivity index (χ1v) is 11.3. The van der Waals surface area contributed by atoms with Crippen molar-refractivity contribution < 1.29 is 18.9 Å². The van der Waals surface area contributed by atoms with Gasteiger partial charge < -0.3 is 29.6 Å². The monoisotopic (exact) mass is 569 g/mol. The first-order chi connectivity index (χ1) is 15.7. The SMILES string of the molecule is CCNC(=NCc1cccc(COC2CCOCC2)c1)Nc1ccc(OCC)c(OC)c1.I. The minimum atomic E-state index is 0. The minimum Gasteiger partial charge on any atom is -0.493 e. The molecule has 2 aromatic carbocycles. The Bertz CT molecular complexity index is 872. The second kappa shape index (κ2) is 15.0. The van der Waals surface area contributed by atoms with E-state index in [1.165, 1.54) is 5.56 Å². The number of hydrogen-bond acceptors (Lipinski definition) is 5. The van der Waals surface area contributed by atoms with Gasteiger partial charge in [0.15, 0.2) is 17.5 Å². The maximum absolute atomic E-state index is 6.05. The van der Waals surface area contributed by atoms with Crippen molar-refractivity contribution in [1.82, 2.24) is 5.32 Å². The lowest BCUT2D eigenvalue weighted by Gasteiger charge is -2.22. The highest BCUT2D eigenvalue weighted by atomic mass is 127. The summed E-state index contributed by atoms with van der Waals surface area (Å²) in [6, 6.07) is 14.2. The molecule has 1 aliphatic heterocycles. The van der Waals surface area contributed by atoms with Gasteiger partial charge in [0.05, 0.1) is 33.0 Å². The van der Waals surface area contributed by atoms with Crippen molar-refractivity contribution in [2.45, 2.75) is 45.9 Å². The van der Waals surface area contributed by atoms with Gasteiger partial charge in [-0.05, 0) is 49.9 Å². The molecule has 2 aromatic rings. The Balaban J connectivity index is 0.00000385. The van der Waals surface area contributed by atoms with Crippen LogP contribution in [0.25, 0.3) is 0 Å². The van der Waals surface area contributed by atoms with Gasteiger partial charge in [-0.15, -0.1) is 24.0 Å². The van der Waals surface area contributed by atoms with Crippen LogP contribution in [0.1, 0.15) is 37.8 Å². The van der Waals surface area contributed by atoms with Crippen molar-refractivity contribution in [3.63, 3.8) is 0 Å². The molecule has 0 bridgehead atoms. The molecule has 1 heterocycles. The van der Waals surface area contributed by atoms with Crippen molar-refractivity contribution >= 4 is 35.6 Å². The van der Waals surface area contributed by atoms with Crippen molar-refractivity contribution in [3.8, 4) is 11.5 Å². The molecule has 7 nitrogen and oxygen atoms in total. The third kappa shape index (κ3) is 9.02. The van der Waals surface area contributed by atoms with E-state index in [9.17, 15) is 0 Å². The van der Waals surface area contributed by atoms with E-state index < -0.39 is 0 Å². The predicted molar refractivity (Wildman–Crippen MR) is 143 cm³/mol. The van der Waals surface area contributed by atoms with E-state index in [0.29, 0.717) is 37.6 Å². The van der Waals surface area contributed by atoms with Crippen LogP contribution >= 0.6 is 24.0 Å². The van der Waals surface area contributed by atoms with Gasteiger partial charge in [0, 0.05) is 31.5 Å². The molecule has 0 amide bonds. The van der Waals surface area contributed by atoms with E-state index in [1.807, 2.05) is 32.0 Å². The summed E-state index contributed by atoms with van der Waals surface area (Å²) in [5.74, 6) is 2.12. The average molecular weight is 569 g/mol. The Morgan fingerprint density at radius 1 is 1.06 bits per heavy atom. The van der Waals surface area contributed by atoms with Crippen LogP contribution < -0.4 is 20.1 Å². The van der Waals surface area contributed by atoms with Crippen LogP contribution in [0.3, 0.4) is 0 Å². The van der Waals surface area contributed by atoms with Gasteiger partial charge >= 0.3 is 0 Å². The summed E-state index contributed by atoms with van der Waals surface area (Å²) in [4.78, 5) is 4.75. The maximum Gasteiger partial charge on any atom is 0.196 e. The van der Waals surface area contributed by atoms with Crippen LogP contribution in [-0.2, 0) is 22.6 Å². The number of rotatable bonds is 10. The zero-order valence-electron chi connectivity index (χ0n) is 19.8. The predicted octanol–water partition coefficient (Wildman–Crippen LogP) is 4.99. The first kappa shape index (κ1) is 27.2. The largest absolute Gasteiger partial charge is 0.493 e. The Morgan fingerprint density at radius 3 is 2.58 bits per heavy atom. The van der Waals surface area contributed by atoms with Gasteiger partial charge in [-0.25, -0.2) is 4.99 Å². The zero-order chi connectivity index (χ0) is 22.6. The lowest BCUT2D eigenvalue weighted by atomic mass is 10.1. The number of nitrogens with zero attached hydrogens (tertiary/aromatic N) is 1. The average Bonchev–Trinajstić information content (AvgIpc) is 2.83. The van der Waals surface area contributed by atoms with Crippen molar-refractivity contribution in [2.24, 2.45) is 4.99 Å². The van der Waals surface area contributed by atoms with Crippen LogP contribution in [0.4, 0.5) is 5.69 Å². The molecule has 0 saturated carbocycles. The highest BCUT2D eigenvalue weighted by molar-refractivity contribution is 14.0. The number of hydrogen-bond donors (Lipinski definition) is 2. The van der Waals surface area contributed by atoms with Crippen molar-refractivity contribution in [1.29, 1.82) is 0 Å². The minimum absolute atomic E-state index is 0. The molecule has 3 rings (SSSR count). The third-order valence-corrected chi connectivity index (χ3v) is 5.14. The molecule has 0 radical (unpaired) electrons. The quantitative estimate of drug-likeness (QED) is 0.239. The standard InChI is InChI=1S/C25H35N3O4.HI/c1-4-26-25(28-21-9-10-23(31-5-2)24(16-21)29-3)27-17-19-7-6-8-20(15-19)18-32-22-11-13-30-14-12-22;/h6-10,15-16,22H,4-5,11-14,17-18H2,1-3H3,(H2,26,27,28);1H. The summed E-state index contributed by atoms with van der Waals surface area (Å²) in [5, 5.41) is 6.64. The summed E-state index contributed by atoms with van der Waals surface area (Å²) in [7, 11) is 1.64. The second-order valence-electron chi connectivity index (χ2n) is 7.56. The van der Waals surface area contributed by atoms with Gasteiger partial charge in [-0.2, -0.15) is 0 Å². The molecule has 1 aliphatic rings. The van der Waals surface area contributed by atoms with E-state index in [2.05, 4.69) is 34.9 Å². The number of benzene rings is 2. The lowest BCUT2D eigenvalue weighted by molar-refractivity contribution is -0.0390. The fraction of sp³-hybridized carbons (Fsp3) is 0.480. The van der Waals surface area contributed by atoms with E-state index in [1.54, 1.807) is 7.11 Å². The van der Waals surface area contributed by atoms with Crippen LogP contribution in [0.5, 0.6) is 11.5 Å². The van der Waals surface area contributed by atoms with Crippen LogP contribution in [0.2, 0.25) is 0 Å². The summed E-state index contributed by atoms with van der Waals surface area (Å²) in [5.41, 5.74) is 3.18. The number of nitrogens with one attached hydrogen (secondary N) is 2. The maximum atomic E-state index is 6.05. The molecule has 33 heavy (non-hydrogen) atoms. The Hall–Kier alpha value is -2.04. The zero-order valence-corrected chi connectivity index (χ0v) is 22.1. The highest BCUT2D eigenvalue weighted by Gasteiger charge is 2.14. The van der Waals surface area contributed by atoms with E-state index in [0.717, 1.165) is 49.6 Å². The lowest BCUT2D eigenvalue weighted by Crippen LogP contribution is -2.30. The van der Waals surface area contributed by atoms with Gasteiger partial charge in [0.2, 0.25) is 0 Å². The summed E-state index contributed by atoms with van der Waals surface area (Å²) in [6.45, 7) is 8.12. The fourth-order valence-electron chi connectivity index (χ4n) is 3.51. The summed E-state index contributed by atoms with van der Waals surface area (Å²) in [6.07, 6.45) is 2.23. The number of guanidine groups is 1. The van der Waals surface area contributed by atoms with Crippen LogP contribution in [0.15, 0.2) is 47.5 Å². The molecule has 0 aromatic heterocycles. The molecule has 1 fully saturated rings. The van der Waals surface area contributed by atoms with E-state index >= 15 is 0 Å². The molecular weight excluding hydrogens is 533 g/mol. The first-order valence-electron chi connectivity index (χ1n) is 11.3. The molecule has 0 atom stereocenters. The molecule has 0 spiro atoms. The third-order valence-electron chi connectivity index (χ3n) is 5.14. The van der Waals surface area contributed by atoms with Gasteiger partial charge in [-0.1, -0.05) is 24.3 Å². The fourth-order valence-corrected chi connectivity index (χ4v) is 3.51. The van der Waals surface area contributed by atoms with Gasteiger partial charge in [0.25, 0.3) is 0 Å². The van der Waals surface area contributed by atoms with Crippen LogP contribution in [0, 0.1) is 0 Å². The van der Waals surface area contributed by atoms with E-state index in [4.69, 9.17) is 23.9 Å². The number of anilines is 1. The molecule has 0 aliphatic carbocycles. The molecule has 182 valence electrons. The number of ether oxygens (including phenoxy) is 4. The molecular formula is C25H36IN3O4. The second-order valence-corrected chi connectivity index (χ2v) is 7.56. The molecule has 2 N–H and O–H groups in total. The number of halogens is 1. The van der Waals surface area contributed by atoms with Crippen molar-refractivity contribution in [2.75, 3.05) is 38.8 Å². The normalized spacial score (nSPS) is 14.3. The summed E-state index contributed by atoms with van der Waals surface area (Å²) >= 11 is 0. The molecule has 1 saturated heterocycles. The van der Waals surface area contributed by atoms with Gasteiger partial charge in [0.1, 0.15) is 0 Å². The number of methoxy groups -OCH3 is 1. The Morgan fingerprint density at radius 2 is 1.85 bits per heavy atom. The Kier molecular flexibility index (Phi) is 12.3. The van der Waals surface area contributed by atoms with Crippen molar-refractivity contribution in [3.05, 3.63) is 53.6 Å². The van der Waals surface area contributed by atoms with Gasteiger partial charge in [-0.3, -0.25) is 0 Å². The molecule has 0 unspecified atom stereocenters. The number of aliphatic imine (C=N–C) groups is 1. The summed E-state index contributed by atoms with van der Waals surface area (Å²) < 4.78 is 22.5. The Labute approximate surface area is 214 Å². The van der Waals surface area contributed by atoms with Crippen LogP contribution in [-0.4, -0.2) is 45.5 Å². The smallest absolute Gasteiger partial charge is 0.196 e. The van der Waals surface area contributed by atoms with E-state index in [-0.39, 0.29) is 24.0 Å². The highest BCUT2D eigenvalue weighted by Crippen LogP contribution is 2.30.